The SMILES string of the molecule is CCCN(CC1CC1)c1n[nH]c(C(F)(F)F)c1C(C)N(Cc1cc(C(F)(F)F)cc(C(F)(F)F)c1)c1ncc(Br)cn1. The van der Waals surface area contributed by atoms with Gasteiger partial charge in [0.25, 0.3) is 0 Å². The number of anilines is 2. The summed E-state index contributed by atoms with van der Waals surface area (Å²) in [7, 11) is 0. The van der Waals surface area contributed by atoms with Gasteiger partial charge < -0.3 is 9.80 Å². The van der Waals surface area contributed by atoms with E-state index in [4.69, 9.17) is 0 Å². The average molecular weight is 673 g/mol. The number of benzene rings is 1. The first kappa shape index (κ1) is 31.9. The van der Waals surface area contributed by atoms with Crippen molar-refractivity contribution >= 4 is 27.7 Å². The molecule has 230 valence electrons. The van der Waals surface area contributed by atoms with Crippen LogP contribution in [0.25, 0.3) is 0 Å². The molecule has 1 aliphatic carbocycles. The lowest BCUT2D eigenvalue weighted by Gasteiger charge is -2.32. The van der Waals surface area contributed by atoms with Crippen LogP contribution in [0.1, 0.15) is 67.1 Å². The summed E-state index contributed by atoms with van der Waals surface area (Å²) < 4.78 is 125. The summed E-state index contributed by atoms with van der Waals surface area (Å²) in [4.78, 5) is 11.1. The lowest BCUT2D eigenvalue weighted by molar-refractivity contribution is -0.143. The van der Waals surface area contributed by atoms with Crippen LogP contribution in [0.3, 0.4) is 0 Å². The van der Waals surface area contributed by atoms with Gasteiger partial charge in [0, 0.05) is 37.6 Å². The van der Waals surface area contributed by atoms with E-state index in [1.54, 1.807) is 4.90 Å². The predicted octanol–water partition coefficient (Wildman–Crippen LogP) is 8.41. The molecule has 6 nitrogen and oxygen atoms in total. The van der Waals surface area contributed by atoms with E-state index in [9.17, 15) is 39.5 Å². The summed E-state index contributed by atoms with van der Waals surface area (Å²) in [6.07, 6.45) is -10.1. The highest BCUT2D eigenvalue weighted by atomic mass is 79.9. The van der Waals surface area contributed by atoms with Crippen molar-refractivity contribution in [1.82, 2.24) is 20.2 Å². The van der Waals surface area contributed by atoms with Gasteiger partial charge in [0.05, 0.1) is 21.6 Å². The summed E-state index contributed by atoms with van der Waals surface area (Å²) >= 11 is 3.15. The quantitative estimate of drug-likeness (QED) is 0.219. The highest BCUT2D eigenvalue weighted by molar-refractivity contribution is 9.10. The van der Waals surface area contributed by atoms with Crippen LogP contribution in [0, 0.1) is 5.92 Å². The largest absolute Gasteiger partial charge is 0.433 e. The number of rotatable bonds is 10. The Hall–Kier alpha value is -3.04. The van der Waals surface area contributed by atoms with Crippen molar-refractivity contribution in [3.05, 3.63) is 63.0 Å². The normalized spacial score (nSPS) is 15.1. The first-order valence-corrected chi connectivity index (χ1v) is 13.7. The van der Waals surface area contributed by atoms with Crippen LogP contribution in [0.2, 0.25) is 0 Å². The third-order valence-electron chi connectivity index (χ3n) is 6.79. The zero-order valence-corrected chi connectivity index (χ0v) is 23.9. The van der Waals surface area contributed by atoms with Gasteiger partial charge in [-0.2, -0.15) is 44.6 Å². The van der Waals surface area contributed by atoms with Crippen molar-refractivity contribution in [2.45, 2.75) is 64.2 Å². The highest BCUT2D eigenvalue weighted by Gasteiger charge is 2.42. The van der Waals surface area contributed by atoms with E-state index in [0.29, 0.717) is 36.1 Å². The monoisotopic (exact) mass is 672 g/mol. The Bertz CT molecular complexity index is 1330. The summed E-state index contributed by atoms with van der Waals surface area (Å²) in [6, 6.07) is -0.237. The Morgan fingerprint density at radius 2 is 1.50 bits per heavy atom. The third-order valence-corrected chi connectivity index (χ3v) is 7.19. The van der Waals surface area contributed by atoms with Gasteiger partial charge in [-0.1, -0.05) is 6.92 Å². The molecule has 1 fully saturated rings. The topological polar surface area (TPSA) is 60.9 Å². The predicted molar refractivity (Wildman–Crippen MR) is 140 cm³/mol. The van der Waals surface area contributed by atoms with E-state index >= 15 is 0 Å². The molecule has 0 saturated heterocycles. The molecular formula is C26H26BrF9N6. The third kappa shape index (κ3) is 7.48. The van der Waals surface area contributed by atoms with E-state index in [2.05, 4.69) is 36.1 Å². The molecule has 42 heavy (non-hydrogen) atoms. The van der Waals surface area contributed by atoms with Crippen molar-refractivity contribution in [3.8, 4) is 0 Å². The number of H-pyrrole nitrogens is 1. The van der Waals surface area contributed by atoms with Crippen molar-refractivity contribution in [2.24, 2.45) is 5.92 Å². The molecule has 1 atom stereocenters. The summed E-state index contributed by atoms with van der Waals surface area (Å²) in [5.41, 5.74) is -5.03. The van der Waals surface area contributed by atoms with Gasteiger partial charge in [-0.15, -0.1) is 0 Å². The first-order valence-electron chi connectivity index (χ1n) is 12.9. The maximum absolute atomic E-state index is 14.3. The molecule has 1 saturated carbocycles. The van der Waals surface area contributed by atoms with Crippen LogP contribution in [0.5, 0.6) is 0 Å². The minimum absolute atomic E-state index is 0.00529. The lowest BCUT2D eigenvalue weighted by Crippen LogP contribution is -2.33. The second-order valence-electron chi connectivity index (χ2n) is 10.1. The summed E-state index contributed by atoms with van der Waals surface area (Å²) in [5.74, 6) is 0.0782. The maximum atomic E-state index is 14.3. The zero-order valence-electron chi connectivity index (χ0n) is 22.3. The van der Waals surface area contributed by atoms with E-state index < -0.39 is 53.5 Å². The smallest absolute Gasteiger partial charge is 0.355 e. The molecule has 0 radical (unpaired) electrons. The van der Waals surface area contributed by atoms with Crippen LogP contribution in [-0.2, 0) is 25.1 Å². The Kier molecular flexibility index (Phi) is 9.05. The van der Waals surface area contributed by atoms with Crippen molar-refractivity contribution < 1.29 is 39.5 Å². The number of hydrogen-bond donors (Lipinski definition) is 1. The number of nitrogens with one attached hydrogen (secondary N) is 1. The number of hydrogen-bond acceptors (Lipinski definition) is 5. The number of aromatic amines is 1. The maximum Gasteiger partial charge on any atom is 0.433 e. The molecule has 0 spiro atoms. The van der Waals surface area contributed by atoms with Crippen LogP contribution >= 0.6 is 15.9 Å². The van der Waals surface area contributed by atoms with Crippen LogP contribution < -0.4 is 9.80 Å². The second-order valence-corrected chi connectivity index (χ2v) is 11.1. The lowest BCUT2D eigenvalue weighted by atomic mass is 10.0. The van der Waals surface area contributed by atoms with Gasteiger partial charge >= 0.3 is 18.5 Å². The summed E-state index contributed by atoms with van der Waals surface area (Å²) in [6.45, 7) is 3.37. The van der Waals surface area contributed by atoms with E-state index in [-0.39, 0.29) is 29.3 Å². The molecular weight excluding hydrogens is 647 g/mol. The van der Waals surface area contributed by atoms with Gasteiger partial charge in [-0.3, -0.25) is 5.10 Å². The molecule has 1 aliphatic rings. The first-order chi connectivity index (χ1) is 19.5. The molecule has 1 aromatic carbocycles. The van der Waals surface area contributed by atoms with E-state index in [1.165, 1.54) is 19.3 Å². The fourth-order valence-corrected chi connectivity index (χ4v) is 4.86. The molecule has 3 aromatic rings. The van der Waals surface area contributed by atoms with Crippen molar-refractivity contribution in [3.63, 3.8) is 0 Å². The Morgan fingerprint density at radius 3 is 1.98 bits per heavy atom. The second kappa shape index (κ2) is 11.9. The minimum Gasteiger partial charge on any atom is -0.355 e. The molecule has 1 N–H and O–H groups in total. The van der Waals surface area contributed by atoms with Gasteiger partial charge in [0.1, 0.15) is 5.69 Å². The molecule has 1 unspecified atom stereocenters. The Labute approximate surface area is 243 Å². The van der Waals surface area contributed by atoms with Crippen LogP contribution in [-0.4, -0.2) is 33.3 Å². The fraction of sp³-hybridized carbons (Fsp3) is 0.500. The Balaban J connectivity index is 1.87. The molecule has 2 heterocycles. The number of nitrogens with zero attached hydrogens (tertiary/aromatic N) is 5. The van der Waals surface area contributed by atoms with Gasteiger partial charge in [0.15, 0.2) is 5.82 Å². The average Bonchev–Trinajstić information content (AvgIpc) is 3.59. The molecule has 0 amide bonds. The van der Waals surface area contributed by atoms with Crippen LogP contribution in [0.15, 0.2) is 35.1 Å². The van der Waals surface area contributed by atoms with Gasteiger partial charge in [0.2, 0.25) is 5.95 Å². The molecule has 0 bridgehead atoms. The molecule has 2 aromatic heterocycles. The van der Waals surface area contributed by atoms with Gasteiger partial charge in [-0.05, 0) is 71.8 Å². The van der Waals surface area contributed by atoms with E-state index in [0.717, 1.165) is 17.7 Å². The molecule has 16 heteroatoms. The fourth-order valence-electron chi connectivity index (χ4n) is 4.66. The van der Waals surface area contributed by atoms with Crippen molar-refractivity contribution in [2.75, 3.05) is 22.9 Å². The number of halogens is 10. The standard InChI is InChI=1S/C26H26BrF9N6/c1-3-6-41(12-15-4-5-15)22-20(21(39-40-22)26(34,35)36)14(2)42(23-37-10-19(27)11-38-23)13-16-7-17(24(28,29)30)9-18(8-16)25(31,32)33/h7-11,14-15H,3-6,12-13H2,1-2H3,(H,39,40). The van der Waals surface area contributed by atoms with E-state index in [1.807, 2.05) is 6.92 Å². The zero-order chi connectivity index (χ0) is 31.0. The van der Waals surface area contributed by atoms with Crippen molar-refractivity contribution in [1.29, 1.82) is 0 Å². The number of alkyl halides is 9. The molecule has 4 rings (SSSR count). The number of aromatic nitrogens is 4. The Morgan fingerprint density at radius 1 is 0.929 bits per heavy atom. The van der Waals surface area contributed by atoms with Crippen LogP contribution in [0.4, 0.5) is 51.3 Å². The van der Waals surface area contributed by atoms with Gasteiger partial charge in [-0.25, -0.2) is 9.97 Å². The summed E-state index contributed by atoms with van der Waals surface area (Å²) in [5, 5.41) is 6.08. The highest BCUT2D eigenvalue weighted by Crippen LogP contribution is 2.43. The molecule has 0 aliphatic heterocycles. The minimum atomic E-state index is -5.11.